The number of hydrogen-bond donors (Lipinski definition) is 0. The van der Waals surface area contributed by atoms with Crippen molar-refractivity contribution < 1.29 is 13.9 Å². The van der Waals surface area contributed by atoms with E-state index in [1.54, 1.807) is 15.8 Å². The third-order valence-corrected chi connectivity index (χ3v) is 4.10. The zero-order valence-electron chi connectivity index (χ0n) is 14.5. The predicted molar refractivity (Wildman–Crippen MR) is 85.6 cm³/mol. The summed E-state index contributed by atoms with van der Waals surface area (Å²) in [6.45, 7) is 7.30. The molecule has 3 rings (SSSR count). The van der Waals surface area contributed by atoms with Crippen LogP contribution >= 0.6 is 0 Å². The number of ether oxygens (including phenoxy) is 1. The fourth-order valence-electron chi connectivity index (χ4n) is 2.79. The summed E-state index contributed by atoms with van der Waals surface area (Å²) in [5.41, 5.74) is 1.41. The lowest BCUT2D eigenvalue weighted by atomic mass is 10.1. The molecule has 0 saturated carbocycles. The lowest BCUT2D eigenvalue weighted by molar-refractivity contribution is -0.0108. The molecule has 0 spiro atoms. The van der Waals surface area contributed by atoms with Crippen LogP contribution in [0.3, 0.4) is 0 Å². The van der Waals surface area contributed by atoms with Gasteiger partial charge in [0.1, 0.15) is 6.04 Å². The van der Waals surface area contributed by atoms with Gasteiger partial charge in [-0.05, 0) is 6.42 Å². The molecule has 24 heavy (non-hydrogen) atoms. The number of amides is 1. The second-order valence-corrected chi connectivity index (χ2v) is 6.24. The molecule has 0 radical (unpaired) electrons. The molecule has 1 fully saturated rings. The fourth-order valence-corrected chi connectivity index (χ4v) is 2.79. The number of carbonyl (C=O) groups excluding carboxylic acids is 1. The Labute approximate surface area is 140 Å². The van der Waals surface area contributed by atoms with Gasteiger partial charge in [-0.25, -0.2) is 0 Å². The largest absolute Gasteiger partial charge is 0.423 e. The van der Waals surface area contributed by atoms with E-state index in [-0.39, 0.29) is 17.9 Å². The average Bonchev–Trinajstić information content (AvgIpc) is 3.20. The van der Waals surface area contributed by atoms with Crippen molar-refractivity contribution in [1.29, 1.82) is 0 Å². The molecule has 1 atom stereocenters. The molecule has 1 amide bonds. The van der Waals surface area contributed by atoms with Crippen LogP contribution in [0.15, 0.2) is 10.6 Å². The average molecular weight is 333 g/mol. The standard InChI is InChI=1S/C16H23N5O3/c1-5-12-11(8-20(4)19-12)16(22)21-6-7-23-9-13(21)15-18-17-14(24-15)10(2)3/h8,10,13H,5-7,9H2,1-4H3/t13-/m0/s1. The topological polar surface area (TPSA) is 86.3 Å². The minimum absolute atomic E-state index is 0.0717. The van der Waals surface area contributed by atoms with Crippen molar-refractivity contribution in [2.24, 2.45) is 7.05 Å². The zero-order valence-corrected chi connectivity index (χ0v) is 14.5. The Bertz CT molecular complexity index is 721. The first-order valence-electron chi connectivity index (χ1n) is 8.25. The van der Waals surface area contributed by atoms with Crippen LogP contribution in [-0.2, 0) is 18.2 Å². The summed E-state index contributed by atoms with van der Waals surface area (Å²) in [5.74, 6) is 1.06. The predicted octanol–water partition coefficient (Wildman–Crippen LogP) is 1.70. The van der Waals surface area contributed by atoms with Crippen LogP contribution in [0.5, 0.6) is 0 Å². The van der Waals surface area contributed by atoms with Gasteiger partial charge >= 0.3 is 0 Å². The number of morpholine rings is 1. The molecule has 2 aromatic rings. The number of aromatic nitrogens is 4. The summed E-state index contributed by atoms with van der Waals surface area (Å²) in [6.07, 6.45) is 2.47. The minimum atomic E-state index is -0.365. The van der Waals surface area contributed by atoms with Crippen LogP contribution in [0, 0.1) is 0 Å². The lowest BCUT2D eigenvalue weighted by Gasteiger charge is -2.33. The summed E-state index contributed by atoms with van der Waals surface area (Å²) in [4.78, 5) is 14.8. The Morgan fingerprint density at radius 1 is 1.42 bits per heavy atom. The summed E-state index contributed by atoms with van der Waals surface area (Å²) in [5, 5.41) is 12.5. The van der Waals surface area contributed by atoms with Crippen LogP contribution < -0.4 is 0 Å². The molecule has 0 aromatic carbocycles. The maximum atomic E-state index is 13.0. The van der Waals surface area contributed by atoms with Gasteiger partial charge in [0, 0.05) is 25.7 Å². The molecule has 8 heteroatoms. The third-order valence-electron chi connectivity index (χ3n) is 4.10. The van der Waals surface area contributed by atoms with Crippen molar-refractivity contribution in [2.45, 2.75) is 39.2 Å². The van der Waals surface area contributed by atoms with Gasteiger partial charge in [0.15, 0.2) is 0 Å². The van der Waals surface area contributed by atoms with Crippen LogP contribution in [-0.4, -0.2) is 50.5 Å². The number of carbonyl (C=O) groups is 1. The molecule has 0 bridgehead atoms. The molecule has 1 aliphatic rings. The van der Waals surface area contributed by atoms with Crippen LogP contribution in [0.25, 0.3) is 0 Å². The van der Waals surface area contributed by atoms with Gasteiger partial charge in [0.2, 0.25) is 11.8 Å². The number of nitrogens with zero attached hydrogens (tertiary/aromatic N) is 5. The molecule has 1 aliphatic heterocycles. The zero-order chi connectivity index (χ0) is 17.3. The van der Waals surface area contributed by atoms with Crippen molar-refractivity contribution in [1.82, 2.24) is 24.9 Å². The maximum Gasteiger partial charge on any atom is 0.258 e. The van der Waals surface area contributed by atoms with Gasteiger partial charge in [0.05, 0.1) is 24.5 Å². The highest BCUT2D eigenvalue weighted by Gasteiger charge is 2.34. The van der Waals surface area contributed by atoms with Gasteiger partial charge in [-0.3, -0.25) is 9.48 Å². The lowest BCUT2D eigenvalue weighted by Crippen LogP contribution is -2.43. The van der Waals surface area contributed by atoms with Gasteiger partial charge in [-0.15, -0.1) is 10.2 Å². The van der Waals surface area contributed by atoms with Gasteiger partial charge in [0.25, 0.3) is 5.91 Å². The molecule has 130 valence electrons. The van der Waals surface area contributed by atoms with Crippen LogP contribution in [0.4, 0.5) is 0 Å². The van der Waals surface area contributed by atoms with E-state index in [2.05, 4.69) is 15.3 Å². The Morgan fingerprint density at radius 3 is 2.88 bits per heavy atom. The van der Waals surface area contributed by atoms with Crippen molar-refractivity contribution in [2.75, 3.05) is 19.8 Å². The Hall–Kier alpha value is -2.22. The minimum Gasteiger partial charge on any atom is -0.423 e. The van der Waals surface area contributed by atoms with Crippen LogP contribution in [0.2, 0.25) is 0 Å². The second kappa shape index (κ2) is 6.72. The smallest absolute Gasteiger partial charge is 0.258 e. The molecular weight excluding hydrogens is 310 g/mol. The number of aryl methyl sites for hydroxylation is 2. The van der Waals surface area contributed by atoms with Crippen molar-refractivity contribution in [3.8, 4) is 0 Å². The van der Waals surface area contributed by atoms with Crippen molar-refractivity contribution >= 4 is 5.91 Å². The highest BCUT2D eigenvalue weighted by Crippen LogP contribution is 2.27. The monoisotopic (exact) mass is 333 g/mol. The Kier molecular flexibility index (Phi) is 4.66. The van der Waals surface area contributed by atoms with Crippen LogP contribution in [0.1, 0.15) is 60.6 Å². The first-order chi connectivity index (χ1) is 11.5. The quantitative estimate of drug-likeness (QED) is 0.846. The van der Waals surface area contributed by atoms with E-state index < -0.39 is 0 Å². The van der Waals surface area contributed by atoms with E-state index >= 15 is 0 Å². The summed E-state index contributed by atoms with van der Waals surface area (Å²) in [6, 6.07) is -0.365. The van der Waals surface area contributed by atoms with Gasteiger partial charge < -0.3 is 14.1 Å². The van der Waals surface area contributed by atoms with E-state index in [0.29, 0.717) is 43.5 Å². The summed E-state index contributed by atoms with van der Waals surface area (Å²) >= 11 is 0. The highest BCUT2D eigenvalue weighted by molar-refractivity contribution is 5.95. The highest BCUT2D eigenvalue weighted by atomic mass is 16.5. The molecule has 8 nitrogen and oxygen atoms in total. The summed E-state index contributed by atoms with van der Waals surface area (Å²) < 4.78 is 13.0. The first-order valence-corrected chi connectivity index (χ1v) is 8.25. The van der Waals surface area contributed by atoms with Crippen molar-refractivity contribution in [3.05, 3.63) is 29.2 Å². The van der Waals surface area contributed by atoms with Crippen molar-refractivity contribution in [3.63, 3.8) is 0 Å². The molecule has 0 N–H and O–H groups in total. The van der Waals surface area contributed by atoms with E-state index in [4.69, 9.17) is 9.15 Å². The van der Waals surface area contributed by atoms with E-state index in [1.165, 1.54) is 0 Å². The molecule has 0 aliphatic carbocycles. The molecule has 3 heterocycles. The SMILES string of the molecule is CCc1nn(C)cc1C(=O)N1CCOC[C@H]1c1nnc(C(C)C)o1. The first kappa shape index (κ1) is 16.6. The van der Waals surface area contributed by atoms with Gasteiger partial charge in [-0.1, -0.05) is 20.8 Å². The normalized spacial score (nSPS) is 18.4. The Morgan fingerprint density at radius 2 is 2.21 bits per heavy atom. The molecular formula is C16H23N5O3. The number of rotatable bonds is 4. The third kappa shape index (κ3) is 3.06. The number of hydrogen-bond acceptors (Lipinski definition) is 6. The summed E-state index contributed by atoms with van der Waals surface area (Å²) in [7, 11) is 1.82. The maximum absolute atomic E-state index is 13.0. The van der Waals surface area contributed by atoms with E-state index in [9.17, 15) is 4.79 Å². The molecule has 0 unspecified atom stereocenters. The van der Waals surface area contributed by atoms with E-state index in [1.807, 2.05) is 27.8 Å². The second-order valence-electron chi connectivity index (χ2n) is 6.24. The fraction of sp³-hybridized carbons (Fsp3) is 0.625. The molecule has 1 saturated heterocycles. The van der Waals surface area contributed by atoms with E-state index in [0.717, 1.165) is 5.69 Å². The van der Waals surface area contributed by atoms with Gasteiger partial charge in [-0.2, -0.15) is 5.10 Å². The molecule has 2 aromatic heterocycles. The Balaban J connectivity index is 1.89.